The van der Waals surface area contributed by atoms with Gasteiger partial charge in [0.1, 0.15) is 0 Å². The van der Waals surface area contributed by atoms with Gasteiger partial charge in [-0.2, -0.15) is 0 Å². The number of hydrogen-bond donors (Lipinski definition) is 2. The van der Waals surface area contributed by atoms with Crippen LogP contribution in [0.4, 0.5) is 4.79 Å². The summed E-state index contributed by atoms with van der Waals surface area (Å²) in [5.41, 5.74) is 7.24. The highest BCUT2D eigenvalue weighted by Crippen LogP contribution is 2.26. The number of carbonyl (C=O) groups excluding carboxylic acids is 1. The van der Waals surface area contributed by atoms with Crippen LogP contribution in [0.5, 0.6) is 0 Å². The lowest BCUT2D eigenvalue weighted by Crippen LogP contribution is -2.47. The van der Waals surface area contributed by atoms with Crippen LogP contribution in [-0.2, 0) is 7.05 Å². The van der Waals surface area contributed by atoms with Crippen LogP contribution in [0.2, 0.25) is 0 Å². The number of carbonyl (C=O) groups is 1. The SMILES string of the molecule is CN(C)C1CCC(NC(=O)N2C[C@@H](N)[C@H](c3cn(C)cn3)C2)CC1. The van der Waals surface area contributed by atoms with Gasteiger partial charge in [-0.05, 0) is 39.8 Å². The monoisotopic (exact) mass is 334 g/mol. The molecule has 7 heteroatoms. The Balaban J connectivity index is 1.51. The molecule has 1 aliphatic carbocycles. The molecule has 2 fully saturated rings. The summed E-state index contributed by atoms with van der Waals surface area (Å²) in [6.07, 6.45) is 8.18. The Kier molecular flexibility index (Phi) is 5.10. The summed E-state index contributed by atoms with van der Waals surface area (Å²) in [5.74, 6) is 0.126. The van der Waals surface area contributed by atoms with Crippen LogP contribution in [0.1, 0.15) is 37.3 Å². The van der Waals surface area contributed by atoms with E-state index in [0.717, 1.165) is 31.4 Å². The zero-order valence-corrected chi connectivity index (χ0v) is 15.0. The molecule has 2 heterocycles. The van der Waals surface area contributed by atoms with Crippen molar-refractivity contribution in [2.75, 3.05) is 27.2 Å². The lowest BCUT2D eigenvalue weighted by Gasteiger charge is -2.33. The standard InChI is InChI=1S/C17H30N6O/c1-21(2)13-6-4-12(5-7-13)20-17(24)23-8-14(15(18)9-23)16-10-22(3)11-19-16/h10-15H,4-9,18H2,1-3H3,(H,20,24)/t12?,13?,14-,15-/m1/s1. The maximum absolute atomic E-state index is 12.6. The average molecular weight is 334 g/mol. The van der Waals surface area contributed by atoms with Gasteiger partial charge in [0, 0.05) is 50.4 Å². The van der Waals surface area contributed by atoms with Gasteiger partial charge >= 0.3 is 6.03 Å². The number of aryl methyl sites for hydroxylation is 1. The number of nitrogens with two attached hydrogens (primary N) is 1. The summed E-state index contributed by atoms with van der Waals surface area (Å²) in [7, 11) is 6.21. The van der Waals surface area contributed by atoms with Gasteiger partial charge in [-0.15, -0.1) is 0 Å². The van der Waals surface area contributed by atoms with Crippen molar-refractivity contribution in [3.8, 4) is 0 Å². The molecule has 0 aromatic carbocycles. The second-order valence-corrected chi connectivity index (χ2v) is 7.56. The van der Waals surface area contributed by atoms with E-state index in [4.69, 9.17) is 5.73 Å². The number of nitrogens with one attached hydrogen (secondary N) is 1. The molecule has 3 N–H and O–H groups in total. The Morgan fingerprint density at radius 2 is 2.00 bits per heavy atom. The molecule has 1 aromatic rings. The Hall–Kier alpha value is -1.60. The minimum absolute atomic E-state index is 0.0252. The lowest BCUT2D eigenvalue weighted by atomic mass is 9.90. The second kappa shape index (κ2) is 7.11. The van der Waals surface area contributed by atoms with Crippen molar-refractivity contribution < 1.29 is 4.79 Å². The Morgan fingerprint density at radius 3 is 2.58 bits per heavy atom. The quantitative estimate of drug-likeness (QED) is 0.854. The van der Waals surface area contributed by atoms with E-state index >= 15 is 0 Å². The molecule has 2 atom stereocenters. The Labute approximate surface area is 144 Å². The third-order valence-corrected chi connectivity index (χ3v) is 5.51. The van der Waals surface area contributed by atoms with Crippen LogP contribution in [0, 0.1) is 0 Å². The highest BCUT2D eigenvalue weighted by atomic mass is 16.2. The van der Waals surface area contributed by atoms with Gasteiger partial charge < -0.3 is 25.4 Å². The first-order valence-electron chi connectivity index (χ1n) is 8.89. The molecular weight excluding hydrogens is 304 g/mol. The first-order chi connectivity index (χ1) is 11.4. The van der Waals surface area contributed by atoms with E-state index in [-0.39, 0.29) is 18.0 Å². The van der Waals surface area contributed by atoms with E-state index in [1.165, 1.54) is 0 Å². The molecule has 2 amide bonds. The van der Waals surface area contributed by atoms with Crippen molar-refractivity contribution >= 4 is 6.03 Å². The summed E-state index contributed by atoms with van der Waals surface area (Å²) >= 11 is 0. The zero-order valence-electron chi connectivity index (χ0n) is 15.0. The molecule has 1 saturated heterocycles. The van der Waals surface area contributed by atoms with Gasteiger partial charge in [-0.3, -0.25) is 0 Å². The molecule has 134 valence electrons. The van der Waals surface area contributed by atoms with Crippen molar-refractivity contribution in [1.29, 1.82) is 0 Å². The summed E-state index contributed by atoms with van der Waals surface area (Å²) in [5, 5.41) is 3.21. The van der Waals surface area contributed by atoms with Crippen LogP contribution in [-0.4, -0.2) is 70.7 Å². The average Bonchev–Trinajstić information content (AvgIpc) is 3.13. The highest BCUT2D eigenvalue weighted by Gasteiger charge is 2.36. The molecule has 7 nitrogen and oxygen atoms in total. The molecule has 0 radical (unpaired) electrons. The normalized spacial score (nSPS) is 30.8. The summed E-state index contributed by atoms with van der Waals surface area (Å²) in [4.78, 5) is 21.1. The fourth-order valence-electron chi connectivity index (χ4n) is 3.93. The van der Waals surface area contributed by atoms with E-state index in [2.05, 4.69) is 29.3 Å². The number of urea groups is 1. The van der Waals surface area contributed by atoms with E-state index in [0.29, 0.717) is 25.2 Å². The smallest absolute Gasteiger partial charge is 0.317 e. The first kappa shape index (κ1) is 17.2. The molecule has 0 unspecified atom stereocenters. The van der Waals surface area contributed by atoms with E-state index in [9.17, 15) is 4.79 Å². The van der Waals surface area contributed by atoms with Crippen LogP contribution < -0.4 is 11.1 Å². The number of aromatic nitrogens is 2. The number of likely N-dealkylation sites (tertiary alicyclic amines) is 1. The van der Waals surface area contributed by atoms with Crippen LogP contribution in [0.3, 0.4) is 0 Å². The van der Waals surface area contributed by atoms with Gasteiger partial charge in [0.05, 0.1) is 12.0 Å². The third kappa shape index (κ3) is 3.72. The summed E-state index contributed by atoms with van der Waals surface area (Å²) in [6.45, 7) is 1.25. The molecular formula is C17H30N6O. The number of imidazole rings is 1. The van der Waals surface area contributed by atoms with Crippen molar-refractivity contribution in [2.45, 2.75) is 49.7 Å². The van der Waals surface area contributed by atoms with Gasteiger partial charge in [0.2, 0.25) is 0 Å². The van der Waals surface area contributed by atoms with E-state index in [1.807, 2.05) is 22.7 Å². The number of rotatable bonds is 3. The topological polar surface area (TPSA) is 79.4 Å². The summed E-state index contributed by atoms with van der Waals surface area (Å²) < 4.78 is 1.92. The van der Waals surface area contributed by atoms with Gasteiger partial charge in [-0.1, -0.05) is 0 Å². The first-order valence-corrected chi connectivity index (χ1v) is 8.89. The molecule has 1 aromatic heterocycles. The van der Waals surface area contributed by atoms with Crippen molar-refractivity contribution in [3.63, 3.8) is 0 Å². The summed E-state index contributed by atoms with van der Waals surface area (Å²) in [6, 6.07) is 0.915. The Bertz CT molecular complexity index is 563. The highest BCUT2D eigenvalue weighted by molar-refractivity contribution is 5.75. The molecule has 1 aliphatic heterocycles. The fraction of sp³-hybridized carbons (Fsp3) is 0.765. The van der Waals surface area contributed by atoms with Gasteiger partial charge in [0.15, 0.2) is 0 Å². The second-order valence-electron chi connectivity index (χ2n) is 7.56. The number of amides is 2. The number of hydrogen-bond acceptors (Lipinski definition) is 4. The fourth-order valence-corrected chi connectivity index (χ4v) is 3.93. The van der Waals surface area contributed by atoms with Crippen molar-refractivity contribution in [1.82, 2.24) is 24.7 Å². The maximum Gasteiger partial charge on any atom is 0.317 e. The maximum atomic E-state index is 12.6. The molecule has 2 aliphatic rings. The lowest BCUT2D eigenvalue weighted by molar-refractivity contribution is 0.182. The third-order valence-electron chi connectivity index (χ3n) is 5.51. The predicted molar refractivity (Wildman–Crippen MR) is 93.8 cm³/mol. The molecule has 1 saturated carbocycles. The molecule has 3 rings (SSSR count). The number of nitrogens with zero attached hydrogens (tertiary/aromatic N) is 4. The minimum atomic E-state index is -0.0462. The van der Waals surface area contributed by atoms with E-state index < -0.39 is 0 Å². The largest absolute Gasteiger partial charge is 0.340 e. The minimum Gasteiger partial charge on any atom is -0.340 e. The van der Waals surface area contributed by atoms with Crippen molar-refractivity contribution in [2.24, 2.45) is 12.8 Å². The molecule has 0 bridgehead atoms. The van der Waals surface area contributed by atoms with Crippen LogP contribution >= 0.6 is 0 Å². The predicted octanol–water partition coefficient (Wildman–Crippen LogP) is 0.729. The van der Waals surface area contributed by atoms with Gasteiger partial charge in [0.25, 0.3) is 0 Å². The van der Waals surface area contributed by atoms with Gasteiger partial charge in [-0.25, -0.2) is 9.78 Å². The van der Waals surface area contributed by atoms with Crippen LogP contribution in [0.15, 0.2) is 12.5 Å². The zero-order chi connectivity index (χ0) is 17.3. The molecule has 24 heavy (non-hydrogen) atoms. The Morgan fingerprint density at radius 1 is 1.29 bits per heavy atom. The molecule has 0 spiro atoms. The van der Waals surface area contributed by atoms with Crippen LogP contribution in [0.25, 0.3) is 0 Å². The van der Waals surface area contributed by atoms with E-state index in [1.54, 1.807) is 6.33 Å². The van der Waals surface area contributed by atoms with Crippen molar-refractivity contribution in [3.05, 3.63) is 18.2 Å².